The van der Waals surface area contributed by atoms with Gasteiger partial charge in [0, 0.05) is 23.6 Å². The minimum absolute atomic E-state index is 0.136. The number of terminal acetylenes is 1. The van der Waals surface area contributed by atoms with E-state index in [4.69, 9.17) is 11.2 Å². The first kappa shape index (κ1) is 23.4. The third-order valence-electron chi connectivity index (χ3n) is 5.17. The van der Waals surface area contributed by atoms with Gasteiger partial charge in [0.1, 0.15) is 11.3 Å². The van der Waals surface area contributed by atoms with Crippen molar-refractivity contribution in [3.05, 3.63) is 48.8 Å². The van der Waals surface area contributed by atoms with Gasteiger partial charge in [0.2, 0.25) is 5.91 Å². The van der Waals surface area contributed by atoms with E-state index in [-0.39, 0.29) is 11.7 Å². The second kappa shape index (κ2) is 10.8. The molecule has 32 heavy (non-hydrogen) atoms. The fourth-order valence-corrected chi connectivity index (χ4v) is 3.99. The number of aromatic nitrogens is 4. The second-order valence-electron chi connectivity index (χ2n) is 7.07. The molecule has 0 fully saturated rings. The molecule has 1 amide bonds. The summed E-state index contributed by atoms with van der Waals surface area (Å²) in [5.41, 5.74) is 1.12. The van der Waals surface area contributed by atoms with Crippen molar-refractivity contribution in [3.63, 3.8) is 0 Å². The Labute approximate surface area is 193 Å². The summed E-state index contributed by atoms with van der Waals surface area (Å²) in [5, 5.41) is 12.3. The van der Waals surface area contributed by atoms with Gasteiger partial charge in [-0.3, -0.25) is 14.3 Å². The monoisotopic (exact) mass is 449 g/mol. The number of amides is 1. The average Bonchev–Trinajstić information content (AvgIpc) is 3.26. The van der Waals surface area contributed by atoms with Crippen LogP contribution in [0, 0.1) is 12.3 Å². The van der Waals surface area contributed by atoms with Gasteiger partial charge in [-0.2, -0.15) is 0 Å². The Morgan fingerprint density at radius 1 is 1.12 bits per heavy atom. The lowest BCUT2D eigenvalue weighted by Crippen LogP contribution is -2.47. The summed E-state index contributed by atoms with van der Waals surface area (Å²) in [7, 11) is 0. The molecule has 0 saturated carbocycles. The van der Waals surface area contributed by atoms with E-state index in [1.54, 1.807) is 12.4 Å². The molecule has 3 rings (SSSR count). The molecule has 0 aliphatic carbocycles. The van der Waals surface area contributed by atoms with Crippen LogP contribution in [0.15, 0.2) is 53.9 Å². The van der Waals surface area contributed by atoms with Gasteiger partial charge in [-0.05, 0) is 56.2 Å². The minimum Gasteiger partial charge on any atom is -0.494 e. The fraction of sp³-hybridized carbons (Fsp3) is 0.333. The molecule has 0 radical (unpaired) electrons. The summed E-state index contributed by atoms with van der Waals surface area (Å²) in [6.45, 7) is 6.49. The maximum Gasteiger partial charge on any atom is 0.231 e. The first-order valence-corrected chi connectivity index (χ1v) is 11.5. The van der Waals surface area contributed by atoms with Crippen LogP contribution in [-0.4, -0.2) is 43.6 Å². The summed E-state index contributed by atoms with van der Waals surface area (Å²) in [6.07, 6.45) is 10.4. The quantitative estimate of drug-likeness (QED) is 0.370. The molecule has 0 atom stereocenters. The number of rotatable bonds is 10. The minimum atomic E-state index is -0.622. The van der Waals surface area contributed by atoms with Crippen molar-refractivity contribution in [2.24, 2.45) is 0 Å². The molecular weight excluding hydrogens is 422 g/mol. The molecule has 0 saturated heterocycles. The number of ether oxygens (including phenoxy) is 1. The van der Waals surface area contributed by atoms with E-state index in [1.165, 1.54) is 11.8 Å². The molecule has 0 aliphatic heterocycles. The number of pyridine rings is 1. The third kappa shape index (κ3) is 5.29. The number of benzene rings is 1. The van der Waals surface area contributed by atoms with Crippen molar-refractivity contribution >= 4 is 17.7 Å². The predicted molar refractivity (Wildman–Crippen MR) is 127 cm³/mol. The lowest BCUT2D eigenvalue weighted by Gasteiger charge is -2.26. The number of nitrogens with one attached hydrogen (secondary N) is 1. The van der Waals surface area contributed by atoms with Crippen LogP contribution in [0.3, 0.4) is 0 Å². The van der Waals surface area contributed by atoms with E-state index in [0.29, 0.717) is 30.4 Å². The molecule has 0 unspecified atom stereocenters. The van der Waals surface area contributed by atoms with Crippen LogP contribution in [0.25, 0.3) is 17.1 Å². The molecule has 166 valence electrons. The lowest BCUT2D eigenvalue weighted by atomic mass is 9.94. The Kier molecular flexibility index (Phi) is 7.90. The van der Waals surface area contributed by atoms with Crippen molar-refractivity contribution in [3.8, 4) is 35.2 Å². The summed E-state index contributed by atoms with van der Waals surface area (Å²) < 4.78 is 7.49. The van der Waals surface area contributed by atoms with Gasteiger partial charge in [0.25, 0.3) is 0 Å². The highest BCUT2D eigenvalue weighted by atomic mass is 32.2. The van der Waals surface area contributed by atoms with Gasteiger partial charge >= 0.3 is 0 Å². The number of carbonyl (C=O) groups is 1. The molecule has 7 nitrogen and oxygen atoms in total. The molecule has 3 aromatic rings. The molecule has 0 spiro atoms. The van der Waals surface area contributed by atoms with Crippen LogP contribution in [0.5, 0.6) is 5.75 Å². The largest absolute Gasteiger partial charge is 0.494 e. The molecule has 2 heterocycles. The second-order valence-corrected chi connectivity index (χ2v) is 8.02. The molecule has 1 N–H and O–H groups in total. The zero-order valence-electron chi connectivity index (χ0n) is 18.5. The fourth-order valence-electron chi connectivity index (χ4n) is 3.24. The highest BCUT2D eigenvalue weighted by Crippen LogP contribution is 2.29. The van der Waals surface area contributed by atoms with E-state index in [1.807, 2.05) is 61.7 Å². The molecule has 2 aromatic heterocycles. The highest BCUT2D eigenvalue weighted by Gasteiger charge is 2.26. The normalized spacial score (nSPS) is 11.1. The summed E-state index contributed by atoms with van der Waals surface area (Å²) >= 11 is 1.31. The predicted octanol–water partition coefficient (Wildman–Crippen LogP) is 4.13. The van der Waals surface area contributed by atoms with E-state index in [9.17, 15) is 4.79 Å². The van der Waals surface area contributed by atoms with E-state index in [0.717, 1.165) is 17.0 Å². The van der Waals surface area contributed by atoms with Gasteiger partial charge in [-0.25, -0.2) is 0 Å². The van der Waals surface area contributed by atoms with Crippen molar-refractivity contribution in [2.75, 3.05) is 12.4 Å². The van der Waals surface area contributed by atoms with Crippen LogP contribution in [0.4, 0.5) is 0 Å². The zero-order valence-corrected chi connectivity index (χ0v) is 19.4. The van der Waals surface area contributed by atoms with Gasteiger partial charge in [0.15, 0.2) is 11.0 Å². The van der Waals surface area contributed by atoms with Crippen LogP contribution in [0.2, 0.25) is 0 Å². The number of nitrogens with zero attached hydrogens (tertiary/aromatic N) is 4. The molecule has 0 aliphatic rings. The maximum absolute atomic E-state index is 12.6. The van der Waals surface area contributed by atoms with Crippen molar-refractivity contribution in [1.82, 2.24) is 25.1 Å². The van der Waals surface area contributed by atoms with E-state index >= 15 is 0 Å². The Balaban J connectivity index is 1.89. The Morgan fingerprint density at radius 3 is 2.41 bits per heavy atom. The van der Waals surface area contributed by atoms with Gasteiger partial charge in [-0.1, -0.05) is 31.5 Å². The van der Waals surface area contributed by atoms with Gasteiger partial charge in [0.05, 0.1) is 12.4 Å². The maximum atomic E-state index is 12.6. The Morgan fingerprint density at radius 2 is 1.81 bits per heavy atom. The molecule has 0 bridgehead atoms. The lowest BCUT2D eigenvalue weighted by molar-refractivity contribution is -0.119. The first-order chi connectivity index (χ1) is 15.6. The van der Waals surface area contributed by atoms with Crippen LogP contribution >= 0.6 is 11.8 Å². The number of thioether (sulfide) groups is 1. The number of hydrogen-bond acceptors (Lipinski definition) is 6. The summed E-state index contributed by atoms with van der Waals surface area (Å²) in [4.78, 5) is 16.7. The SMILES string of the molecule is C#CC(CC)(CC)NC(=O)CSc1nnc(-c2ccncc2)n1-c1ccc(OCC)cc1. The van der Waals surface area contributed by atoms with Crippen molar-refractivity contribution in [2.45, 2.75) is 44.3 Å². The van der Waals surface area contributed by atoms with Crippen LogP contribution in [0.1, 0.15) is 33.6 Å². The van der Waals surface area contributed by atoms with Gasteiger partial charge < -0.3 is 10.1 Å². The van der Waals surface area contributed by atoms with Crippen molar-refractivity contribution < 1.29 is 9.53 Å². The van der Waals surface area contributed by atoms with Crippen molar-refractivity contribution in [1.29, 1.82) is 0 Å². The first-order valence-electron chi connectivity index (χ1n) is 10.6. The van der Waals surface area contributed by atoms with Crippen LogP contribution in [-0.2, 0) is 4.79 Å². The summed E-state index contributed by atoms with van der Waals surface area (Å²) in [6, 6.07) is 11.4. The summed E-state index contributed by atoms with van der Waals surface area (Å²) in [5.74, 6) is 4.22. The van der Waals surface area contributed by atoms with Crippen LogP contribution < -0.4 is 10.1 Å². The zero-order chi connectivity index (χ0) is 23.0. The standard InChI is InChI=1S/C24H27N5O2S/c1-5-24(6-2,7-3)26-21(30)17-32-23-28-27-22(18-13-15-25-16-14-18)29(23)19-9-11-20(12-10-19)31-8-4/h1,9-16H,6-8,17H2,2-4H3,(H,26,30). The molecular formula is C24H27N5O2S. The topological polar surface area (TPSA) is 81.9 Å². The number of carbonyl (C=O) groups excluding carboxylic acids is 1. The number of hydrogen-bond donors (Lipinski definition) is 1. The smallest absolute Gasteiger partial charge is 0.231 e. The average molecular weight is 450 g/mol. The van der Waals surface area contributed by atoms with E-state index in [2.05, 4.69) is 26.4 Å². The Bertz CT molecular complexity index is 1070. The Hall–Kier alpha value is -3.31. The van der Waals surface area contributed by atoms with Gasteiger partial charge in [-0.15, -0.1) is 16.6 Å². The highest BCUT2D eigenvalue weighted by molar-refractivity contribution is 7.99. The van der Waals surface area contributed by atoms with E-state index < -0.39 is 5.54 Å². The molecule has 8 heteroatoms. The third-order valence-corrected chi connectivity index (χ3v) is 6.10. The molecule has 1 aromatic carbocycles.